The van der Waals surface area contributed by atoms with E-state index in [1.165, 1.54) is 31.1 Å². The number of thioether (sulfide) groups is 1. The second kappa shape index (κ2) is 6.04. The highest BCUT2D eigenvalue weighted by molar-refractivity contribution is 8.13. The molecule has 0 unspecified atom stereocenters. The van der Waals surface area contributed by atoms with Gasteiger partial charge in [-0.2, -0.15) is 0 Å². The van der Waals surface area contributed by atoms with Crippen LogP contribution in [0.25, 0.3) is 0 Å². The minimum atomic E-state index is -0.243. The third kappa shape index (κ3) is 5.03. The van der Waals surface area contributed by atoms with E-state index in [1.54, 1.807) is 0 Å². The summed E-state index contributed by atoms with van der Waals surface area (Å²) in [5.74, 6) is 6.34. The highest BCUT2D eigenvalue weighted by Crippen LogP contribution is 2.01. The number of nitrogens with zero attached hydrogens (tertiary/aromatic N) is 1. The normalized spacial score (nSPS) is 9.13. The van der Waals surface area contributed by atoms with Gasteiger partial charge >= 0.3 is 0 Å². The molecule has 0 aromatic carbocycles. The van der Waals surface area contributed by atoms with Crippen molar-refractivity contribution in [2.45, 2.75) is 13.3 Å². The van der Waals surface area contributed by atoms with E-state index in [2.05, 4.69) is 21.8 Å². The first kappa shape index (κ1) is 11.5. The van der Waals surface area contributed by atoms with Crippen LogP contribution in [0.4, 0.5) is 0 Å². The summed E-state index contributed by atoms with van der Waals surface area (Å²) >= 11 is 1.25. The van der Waals surface area contributed by atoms with E-state index in [0.717, 1.165) is 0 Å². The summed E-state index contributed by atoms with van der Waals surface area (Å²) in [5, 5.41) is 0.0963. The highest BCUT2D eigenvalue weighted by atomic mass is 32.2. The van der Waals surface area contributed by atoms with Crippen molar-refractivity contribution in [2.75, 3.05) is 5.75 Å². The lowest BCUT2D eigenvalue weighted by atomic mass is 10.4. The van der Waals surface area contributed by atoms with Crippen LogP contribution < -0.4 is 5.56 Å². The molecule has 0 atom stereocenters. The summed E-state index contributed by atoms with van der Waals surface area (Å²) in [6.07, 6.45) is 3.28. The number of aromatic amines is 1. The van der Waals surface area contributed by atoms with Crippen LogP contribution in [0.5, 0.6) is 0 Å². The van der Waals surface area contributed by atoms with Crippen molar-refractivity contribution >= 4 is 16.9 Å². The van der Waals surface area contributed by atoms with E-state index in [-0.39, 0.29) is 10.7 Å². The van der Waals surface area contributed by atoms with Gasteiger partial charge in [-0.25, -0.2) is 4.98 Å². The van der Waals surface area contributed by atoms with Gasteiger partial charge in [-0.15, -0.1) is 0 Å². The Kier molecular flexibility index (Phi) is 4.64. The van der Waals surface area contributed by atoms with Gasteiger partial charge in [0.1, 0.15) is 5.69 Å². The van der Waals surface area contributed by atoms with Gasteiger partial charge in [-0.1, -0.05) is 17.7 Å². The Labute approximate surface area is 91.5 Å². The zero-order valence-corrected chi connectivity index (χ0v) is 9.06. The van der Waals surface area contributed by atoms with Gasteiger partial charge in [0.2, 0.25) is 0 Å². The Morgan fingerprint density at radius 2 is 2.47 bits per heavy atom. The monoisotopic (exact) mass is 222 g/mol. The fourth-order valence-electron chi connectivity index (χ4n) is 0.809. The van der Waals surface area contributed by atoms with Gasteiger partial charge < -0.3 is 4.98 Å². The largest absolute Gasteiger partial charge is 0.325 e. The van der Waals surface area contributed by atoms with Crippen LogP contribution in [-0.2, 0) is 4.79 Å². The van der Waals surface area contributed by atoms with E-state index in [0.29, 0.717) is 17.9 Å². The molecule has 1 aromatic rings. The van der Waals surface area contributed by atoms with Gasteiger partial charge in [0, 0.05) is 25.3 Å². The fourth-order valence-corrected chi connectivity index (χ4v) is 1.30. The second-order valence-electron chi connectivity index (χ2n) is 2.69. The molecule has 0 spiro atoms. The Balaban J connectivity index is 2.41. The van der Waals surface area contributed by atoms with Crippen LogP contribution in [0.2, 0.25) is 0 Å². The van der Waals surface area contributed by atoms with Crippen molar-refractivity contribution in [1.82, 2.24) is 9.97 Å². The van der Waals surface area contributed by atoms with Crippen molar-refractivity contribution in [3.8, 4) is 11.8 Å². The molecule has 0 saturated heterocycles. The Hall–Kier alpha value is -1.54. The molecular weight excluding hydrogens is 212 g/mol. The summed E-state index contributed by atoms with van der Waals surface area (Å²) in [4.78, 5) is 27.5. The lowest BCUT2D eigenvalue weighted by Crippen LogP contribution is -2.04. The van der Waals surface area contributed by atoms with Crippen LogP contribution in [0.15, 0.2) is 17.2 Å². The van der Waals surface area contributed by atoms with Crippen LogP contribution in [0.1, 0.15) is 19.0 Å². The average molecular weight is 222 g/mol. The van der Waals surface area contributed by atoms with E-state index in [1.807, 2.05) is 0 Å². The third-order valence-corrected chi connectivity index (χ3v) is 2.24. The van der Waals surface area contributed by atoms with Crippen molar-refractivity contribution in [3.05, 3.63) is 28.4 Å². The molecule has 4 nitrogen and oxygen atoms in total. The summed E-state index contributed by atoms with van der Waals surface area (Å²) in [6, 6.07) is 0. The molecule has 0 saturated carbocycles. The maximum absolute atomic E-state index is 10.7. The van der Waals surface area contributed by atoms with Crippen molar-refractivity contribution in [3.63, 3.8) is 0 Å². The molecule has 1 rings (SSSR count). The van der Waals surface area contributed by atoms with Crippen molar-refractivity contribution in [1.29, 1.82) is 0 Å². The lowest BCUT2D eigenvalue weighted by Gasteiger charge is -1.89. The average Bonchev–Trinajstić information content (AvgIpc) is 2.20. The van der Waals surface area contributed by atoms with Gasteiger partial charge in [-0.3, -0.25) is 9.59 Å². The van der Waals surface area contributed by atoms with Crippen molar-refractivity contribution in [2.24, 2.45) is 0 Å². The first-order valence-electron chi connectivity index (χ1n) is 4.35. The number of rotatable bonds is 2. The summed E-state index contributed by atoms with van der Waals surface area (Å²) in [7, 11) is 0. The molecule has 0 amide bonds. The Morgan fingerprint density at radius 1 is 1.67 bits per heavy atom. The smallest absolute Gasteiger partial charge is 0.266 e. The first-order valence-corrected chi connectivity index (χ1v) is 5.34. The Morgan fingerprint density at radius 3 is 3.07 bits per heavy atom. The minimum absolute atomic E-state index is 0.0963. The van der Waals surface area contributed by atoms with Crippen molar-refractivity contribution < 1.29 is 4.79 Å². The zero-order valence-electron chi connectivity index (χ0n) is 8.24. The molecule has 0 aliphatic rings. The molecule has 0 fully saturated rings. The topological polar surface area (TPSA) is 62.8 Å². The molecule has 1 N–H and O–H groups in total. The van der Waals surface area contributed by atoms with E-state index in [9.17, 15) is 9.59 Å². The van der Waals surface area contributed by atoms with E-state index in [4.69, 9.17) is 0 Å². The number of carbonyl (C=O) groups excluding carboxylic acids is 1. The molecular formula is C10H10N2O2S. The maximum Gasteiger partial charge on any atom is 0.266 e. The second-order valence-corrected chi connectivity index (χ2v) is 3.96. The van der Waals surface area contributed by atoms with Crippen LogP contribution >= 0.6 is 11.8 Å². The van der Waals surface area contributed by atoms with Gasteiger partial charge in [0.05, 0.1) is 6.20 Å². The standard InChI is InChI=1S/C10H10N2O2S/c1-8(13)15-5-3-2-4-9-6-12-10(14)7-11-9/h6-7H,3,5H2,1H3,(H,12,14). The molecule has 0 aliphatic carbocycles. The van der Waals surface area contributed by atoms with Gasteiger partial charge in [0.15, 0.2) is 5.12 Å². The maximum atomic E-state index is 10.7. The van der Waals surface area contributed by atoms with E-state index < -0.39 is 0 Å². The van der Waals surface area contributed by atoms with Crippen LogP contribution in [0.3, 0.4) is 0 Å². The predicted octanol–water partition coefficient (Wildman–Crippen LogP) is 0.791. The predicted molar refractivity (Wildman–Crippen MR) is 59.5 cm³/mol. The third-order valence-electron chi connectivity index (χ3n) is 1.42. The summed E-state index contributed by atoms with van der Waals surface area (Å²) in [5.41, 5.74) is 0.287. The SMILES string of the molecule is CC(=O)SCCC#Cc1c[nH]c(=O)cn1. The number of H-pyrrole nitrogens is 1. The number of hydrogen-bond acceptors (Lipinski definition) is 4. The first-order chi connectivity index (χ1) is 7.18. The molecule has 0 radical (unpaired) electrons. The van der Waals surface area contributed by atoms with Gasteiger partial charge in [-0.05, 0) is 5.92 Å². The number of carbonyl (C=O) groups is 1. The summed E-state index contributed by atoms with van der Waals surface area (Å²) in [6.45, 7) is 1.53. The number of aromatic nitrogens is 2. The molecule has 15 heavy (non-hydrogen) atoms. The highest BCUT2D eigenvalue weighted by Gasteiger charge is 1.91. The molecule has 1 heterocycles. The number of nitrogens with one attached hydrogen (secondary N) is 1. The molecule has 78 valence electrons. The Bertz CT molecular complexity index is 436. The minimum Gasteiger partial charge on any atom is -0.325 e. The quantitative estimate of drug-likeness (QED) is 0.593. The fraction of sp³-hybridized carbons (Fsp3) is 0.300. The molecule has 0 aliphatic heterocycles. The molecule has 5 heteroatoms. The molecule has 1 aromatic heterocycles. The van der Waals surface area contributed by atoms with Crippen LogP contribution in [0, 0.1) is 11.8 Å². The zero-order chi connectivity index (χ0) is 11.1. The molecule has 0 bridgehead atoms. The number of hydrogen-bond donors (Lipinski definition) is 1. The summed E-state index contributed by atoms with van der Waals surface area (Å²) < 4.78 is 0. The van der Waals surface area contributed by atoms with Crippen LogP contribution in [-0.4, -0.2) is 20.8 Å². The lowest BCUT2D eigenvalue weighted by molar-refractivity contribution is -0.109. The van der Waals surface area contributed by atoms with E-state index >= 15 is 0 Å². The van der Waals surface area contributed by atoms with Gasteiger partial charge in [0.25, 0.3) is 5.56 Å².